The zero-order chi connectivity index (χ0) is 16.8. The molecule has 1 aromatic rings. The van der Waals surface area contributed by atoms with Crippen molar-refractivity contribution in [3.63, 3.8) is 0 Å². The standard InChI is InChI=1S/C16H27N5O2/c1-5-19(6-2)14-12-13(4)17-15(18-14)20-8-10-21(11-9-20)16(22)23-7-3/h12H,5-11H2,1-4H3. The van der Waals surface area contributed by atoms with E-state index in [1.54, 1.807) is 4.90 Å². The van der Waals surface area contributed by atoms with Gasteiger partial charge in [-0.15, -0.1) is 0 Å². The second kappa shape index (κ2) is 7.99. The normalized spacial score (nSPS) is 14.8. The predicted molar refractivity (Wildman–Crippen MR) is 91.1 cm³/mol. The topological polar surface area (TPSA) is 61.8 Å². The molecule has 1 aromatic heterocycles. The molecule has 0 aliphatic carbocycles. The third-order valence-electron chi connectivity index (χ3n) is 4.00. The zero-order valence-corrected chi connectivity index (χ0v) is 14.6. The molecule has 0 spiro atoms. The molecule has 0 radical (unpaired) electrons. The van der Waals surface area contributed by atoms with Crippen LogP contribution in [0.25, 0.3) is 0 Å². The minimum absolute atomic E-state index is 0.235. The van der Waals surface area contributed by atoms with E-state index in [0.717, 1.165) is 43.6 Å². The highest BCUT2D eigenvalue weighted by Crippen LogP contribution is 2.18. The number of hydrogen-bond donors (Lipinski definition) is 0. The van der Waals surface area contributed by atoms with Crippen molar-refractivity contribution in [3.05, 3.63) is 11.8 Å². The Kier molecular flexibility index (Phi) is 6.01. The number of carbonyl (C=O) groups excluding carboxylic acids is 1. The fourth-order valence-corrected chi connectivity index (χ4v) is 2.69. The van der Waals surface area contributed by atoms with Gasteiger partial charge < -0.3 is 19.4 Å². The van der Waals surface area contributed by atoms with Gasteiger partial charge in [0.25, 0.3) is 0 Å². The first-order valence-electron chi connectivity index (χ1n) is 8.36. The van der Waals surface area contributed by atoms with E-state index in [1.165, 1.54) is 0 Å². The number of carbonyl (C=O) groups is 1. The number of amides is 1. The maximum atomic E-state index is 11.8. The quantitative estimate of drug-likeness (QED) is 0.825. The Balaban J connectivity index is 2.07. The lowest BCUT2D eigenvalue weighted by atomic mass is 10.3. The Morgan fingerprint density at radius 1 is 1.17 bits per heavy atom. The van der Waals surface area contributed by atoms with Crippen LogP contribution >= 0.6 is 0 Å². The third-order valence-corrected chi connectivity index (χ3v) is 4.00. The first-order chi connectivity index (χ1) is 11.1. The molecule has 1 aliphatic rings. The van der Waals surface area contributed by atoms with Crippen LogP contribution in [-0.4, -0.2) is 66.8 Å². The van der Waals surface area contributed by atoms with E-state index < -0.39 is 0 Å². The Hall–Kier alpha value is -2.05. The van der Waals surface area contributed by atoms with Gasteiger partial charge in [0.15, 0.2) is 0 Å². The molecule has 1 fully saturated rings. The van der Waals surface area contributed by atoms with Crippen molar-refractivity contribution < 1.29 is 9.53 Å². The van der Waals surface area contributed by atoms with E-state index >= 15 is 0 Å². The first kappa shape index (κ1) is 17.3. The van der Waals surface area contributed by atoms with Gasteiger partial charge >= 0.3 is 6.09 Å². The van der Waals surface area contributed by atoms with E-state index in [2.05, 4.69) is 28.6 Å². The monoisotopic (exact) mass is 321 g/mol. The molecule has 1 saturated heterocycles. The van der Waals surface area contributed by atoms with Gasteiger partial charge in [0, 0.05) is 51.0 Å². The Labute approximate surface area is 138 Å². The number of aryl methyl sites for hydroxylation is 1. The number of aromatic nitrogens is 2. The van der Waals surface area contributed by atoms with Crippen LogP contribution in [0.2, 0.25) is 0 Å². The first-order valence-corrected chi connectivity index (χ1v) is 8.36. The van der Waals surface area contributed by atoms with Crippen LogP contribution in [0.5, 0.6) is 0 Å². The second-order valence-corrected chi connectivity index (χ2v) is 5.51. The summed E-state index contributed by atoms with van der Waals surface area (Å²) in [5.74, 6) is 1.71. The fourth-order valence-electron chi connectivity index (χ4n) is 2.69. The van der Waals surface area contributed by atoms with Crippen LogP contribution in [0.15, 0.2) is 6.07 Å². The Morgan fingerprint density at radius 3 is 2.39 bits per heavy atom. The summed E-state index contributed by atoms with van der Waals surface area (Å²) in [7, 11) is 0. The molecule has 7 nitrogen and oxygen atoms in total. The van der Waals surface area contributed by atoms with E-state index in [9.17, 15) is 4.79 Å². The van der Waals surface area contributed by atoms with Gasteiger partial charge in [0.2, 0.25) is 5.95 Å². The highest BCUT2D eigenvalue weighted by Gasteiger charge is 2.24. The van der Waals surface area contributed by atoms with E-state index in [1.807, 2.05) is 19.9 Å². The van der Waals surface area contributed by atoms with Crippen LogP contribution in [0.3, 0.4) is 0 Å². The molecule has 2 rings (SSSR count). The molecule has 23 heavy (non-hydrogen) atoms. The Bertz CT molecular complexity index is 525. The van der Waals surface area contributed by atoms with E-state index in [0.29, 0.717) is 19.7 Å². The summed E-state index contributed by atoms with van der Waals surface area (Å²) >= 11 is 0. The summed E-state index contributed by atoms with van der Waals surface area (Å²) in [5, 5.41) is 0. The molecular weight excluding hydrogens is 294 g/mol. The van der Waals surface area contributed by atoms with Crippen LogP contribution in [0, 0.1) is 6.92 Å². The van der Waals surface area contributed by atoms with Crippen molar-refractivity contribution in [2.45, 2.75) is 27.7 Å². The SMILES string of the molecule is CCOC(=O)N1CCN(c2nc(C)cc(N(CC)CC)n2)CC1. The van der Waals surface area contributed by atoms with Crippen molar-refractivity contribution in [1.82, 2.24) is 14.9 Å². The molecule has 0 saturated carbocycles. The number of rotatable bonds is 5. The summed E-state index contributed by atoms with van der Waals surface area (Å²) in [6, 6.07) is 2.02. The number of nitrogens with zero attached hydrogens (tertiary/aromatic N) is 5. The lowest BCUT2D eigenvalue weighted by Gasteiger charge is -2.34. The van der Waals surface area contributed by atoms with Crippen LogP contribution in [0.4, 0.5) is 16.6 Å². The van der Waals surface area contributed by atoms with Crippen molar-refractivity contribution in [3.8, 4) is 0 Å². The van der Waals surface area contributed by atoms with Crippen LogP contribution < -0.4 is 9.80 Å². The highest BCUT2D eigenvalue weighted by molar-refractivity contribution is 5.68. The summed E-state index contributed by atoms with van der Waals surface area (Å²) in [4.78, 5) is 27.1. The number of hydrogen-bond acceptors (Lipinski definition) is 6. The molecule has 0 N–H and O–H groups in total. The van der Waals surface area contributed by atoms with E-state index in [4.69, 9.17) is 9.72 Å². The summed E-state index contributed by atoms with van der Waals surface area (Å²) in [5.41, 5.74) is 0.963. The predicted octanol–water partition coefficient (Wildman–Crippen LogP) is 1.91. The van der Waals surface area contributed by atoms with Crippen molar-refractivity contribution in [2.75, 3.05) is 55.7 Å². The van der Waals surface area contributed by atoms with Gasteiger partial charge in [-0.25, -0.2) is 9.78 Å². The summed E-state index contributed by atoms with van der Waals surface area (Å²) in [6.45, 7) is 13.0. The summed E-state index contributed by atoms with van der Waals surface area (Å²) in [6.07, 6.45) is -0.235. The minimum atomic E-state index is -0.235. The maximum Gasteiger partial charge on any atom is 0.409 e. The lowest BCUT2D eigenvalue weighted by Crippen LogP contribution is -2.49. The van der Waals surface area contributed by atoms with Crippen molar-refractivity contribution in [2.24, 2.45) is 0 Å². The number of piperazine rings is 1. The average molecular weight is 321 g/mol. The third kappa shape index (κ3) is 4.24. The molecule has 1 aliphatic heterocycles. The highest BCUT2D eigenvalue weighted by atomic mass is 16.6. The van der Waals surface area contributed by atoms with Gasteiger partial charge in [-0.1, -0.05) is 0 Å². The van der Waals surface area contributed by atoms with Crippen LogP contribution in [-0.2, 0) is 4.74 Å². The molecule has 0 atom stereocenters. The zero-order valence-electron chi connectivity index (χ0n) is 14.6. The number of anilines is 2. The number of ether oxygens (including phenoxy) is 1. The molecule has 2 heterocycles. The van der Waals surface area contributed by atoms with Gasteiger partial charge in [0.05, 0.1) is 6.61 Å². The maximum absolute atomic E-state index is 11.8. The van der Waals surface area contributed by atoms with Crippen molar-refractivity contribution in [1.29, 1.82) is 0 Å². The summed E-state index contributed by atoms with van der Waals surface area (Å²) < 4.78 is 5.05. The second-order valence-electron chi connectivity index (χ2n) is 5.51. The van der Waals surface area contributed by atoms with Gasteiger partial charge in [-0.05, 0) is 27.7 Å². The van der Waals surface area contributed by atoms with Gasteiger partial charge in [-0.2, -0.15) is 4.98 Å². The molecule has 128 valence electrons. The van der Waals surface area contributed by atoms with E-state index in [-0.39, 0.29) is 6.09 Å². The molecule has 7 heteroatoms. The molecule has 1 amide bonds. The fraction of sp³-hybridized carbons (Fsp3) is 0.688. The smallest absolute Gasteiger partial charge is 0.409 e. The largest absolute Gasteiger partial charge is 0.450 e. The minimum Gasteiger partial charge on any atom is -0.450 e. The van der Waals surface area contributed by atoms with Crippen molar-refractivity contribution >= 4 is 17.9 Å². The molecule has 0 bridgehead atoms. The Morgan fingerprint density at radius 2 is 1.83 bits per heavy atom. The van der Waals surface area contributed by atoms with Gasteiger partial charge in [0.1, 0.15) is 5.82 Å². The molecule has 0 unspecified atom stereocenters. The van der Waals surface area contributed by atoms with Gasteiger partial charge in [-0.3, -0.25) is 0 Å². The average Bonchev–Trinajstić information content (AvgIpc) is 2.56. The molecular formula is C16H27N5O2. The van der Waals surface area contributed by atoms with Crippen LogP contribution in [0.1, 0.15) is 26.5 Å². The molecule has 0 aromatic carbocycles. The lowest BCUT2D eigenvalue weighted by molar-refractivity contribution is 0.105.